The zero-order chi connectivity index (χ0) is 20.2. The molecule has 0 saturated heterocycles. The van der Waals surface area contributed by atoms with E-state index in [2.05, 4.69) is 20.3 Å². The van der Waals surface area contributed by atoms with Crippen molar-refractivity contribution >= 4 is 11.6 Å². The van der Waals surface area contributed by atoms with Crippen LogP contribution in [-0.2, 0) is 4.74 Å². The van der Waals surface area contributed by atoms with Gasteiger partial charge in [0.1, 0.15) is 11.3 Å². The minimum absolute atomic E-state index is 0.196. The molecule has 7 nitrogen and oxygen atoms in total. The van der Waals surface area contributed by atoms with Gasteiger partial charge in [-0.25, -0.2) is 4.98 Å². The van der Waals surface area contributed by atoms with Gasteiger partial charge >= 0.3 is 0 Å². The summed E-state index contributed by atoms with van der Waals surface area (Å²) in [5.74, 6) is -0.196. The lowest BCUT2D eigenvalue weighted by Crippen LogP contribution is -2.27. The van der Waals surface area contributed by atoms with Crippen molar-refractivity contribution in [3.8, 4) is 22.5 Å². The number of pyridine rings is 3. The van der Waals surface area contributed by atoms with E-state index in [-0.39, 0.29) is 5.91 Å². The number of aromatic nitrogens is 4. The quantitative estimate of drug-likeness (QED) is 0.514. The maximum atomic E-state index is 12.5. The van der Waals surface area contributed by atoms with E-state index in [4.69, 9.17) is 4.74 Å². The minimum atomic E-state index is -0.196. The molecule has 1 N–H and O–H groups in total. The van der Waals surface area contributed by atoms with Crippen molar-refractivity contribution in [3.63, 3.8) is 0 Å². The standard InChI is InChI=1S/C22H21N5O2/c1-15-5-3-7-18(26-15)21-17(6-4-10-23-21)16-8-9-20-25-13-19(27(20)14-16)22(28)24-11-12-29-2/h3-10,13-14H,11-12H2,1-2H3,(H,24,28). The lowest BCUT2D eigenvalue weighted by atomic mass is 10.0. The monoisotopic (exact) mass is 387 g/mol. The molecule has 146 valence electrons. The third kappa shape index (κ3) is 3.86. The Morgan fingerprint density at radius 3 is 2.86 bits per heavy atom. The second-order valence-electron chi connectivity index (χ2n) is 6.60. The first-order valence-corrected chi connectivity index (χ1v) is 9.31. The van der Waals surface area contributed by atoms with Crippen molar-refractivity contribution in [2.75, 3.05) is 20.3 Å². The SMILES string of the molecule is COCCNC(=O)c1cnc2ccc(-c3cccnc3-c3cccc(C)n3)cn12. The van der Waals surface area contributed by atoms with Crippen LogP contribution in [0.5, 0.6) is 0 Å². The summed E-state index contributed by atoms with van der Waals surface area (Å²) >= 11 is 0. The van der Waals surface area contributed by atoms with Gasteiger partial charge in [0.05, 0.1) is 24.2 Å². The second-order valence-corrected chi connectivity index (χ2v) is 6.60. The maximum absolute atomic E-state index is 12.5. The van der Waals surface area contributed by atoms with E-state index in [9.17, 15) is 4.79 Å². The Morgan fingerprint density at radius 1 is 1.14 bits per heavy atom. The number of carbonyl (C=O) groups is 1. The highest BCUT2D eigenvalue weighted by atomic mass is 16.5. The normalized spacial score (nSPS) is 11.0. The predicted molar refractivity (Wildman–Crippen MR) is 111 cm³/mol. The molecule has 0 spiro atoms. The van der Waals surface area contributed by atoms with Crippen molar-refractivity contribution in [1.82, 2.24) is 24.7 Å². The number of ether oxygens (including phenoxy) is 1. The van der Waals surface area contributed by atoms with Gasteiger partial charge < -0.3 is 10.1 Å². The molecule has 0 fully saturated rings. The maximum Gasteiger partial charge on any atom is 0.270 e. The van der Waals surface area contributed by atoms with Crippen molar-refractivity contribution < 1.29 is 9.53 Å². The number of methoxy groups -OCH3 is 1. The summed E-state index contributed by atoms with van der Waals surface area (Å²) < 4.78 is 6.78. The molecule has 0 aromatic carbocycles. The molecule has 4 rings (SSSR count). The number of hydrogen-bond acceptors (Lipinski definition) is 5. The fourth-order valence-electron chi connectivity index (χ4n) is 3.18. The lowest BCUT2D eigenvalue weighted by molar-refractivity contribution is 0.0931. The molecule has 0 atom stereocenters. The van der Waals surface area contributed by atoms with Crippen LogP contribution >= 0.6 is 0 Å². The van der Waals surface area contributed by atoms with E-state index in [1.165, 1.54) is 0 Å². The summed E-state index contributed by atoms with van der Waals surface area (Å²) in [6.45, 7) is 2.85. The Kier molecular flexibility index (Phi) is 5.31. The molecular weight excluding hydrogens is 366 g/mol. The summed E-state index contributed by atoms with van der Waals surface area (Å²) in [4.78, 5) is 26.0. The minimum Gasteiger partial charge on any atom is -0.383 e. The first kappa shape index (κ1) is 18.8. The molecule has 1 amide bonds. The summed E-state index contributed by atoms with van der Waals surface area (Å²) in [6.07, 6.45) is 5.24. The Bertz CT molecular complexity index is 1170. The van der Waals surface area contributed by atoms with Crippen LogP contribution < -0.4 is 5.32 Å². The Morgan fingerprint density at radius 2 is 2.03 bits per heavy atom. The Hall–Kier alpha value is -3.58. The lowest BCUT2D eigenvalue weighted by Gasteiger charge is -2.10. The van der Waals surface area contributed by atoms with E-state index in [1.54, 1.807) is 23.9 Å². The molecule has 29 heavy (non-hydrogen) atoms. The summed E-state index contributed by atoms with van der Waals surface area (Å²) in [5, 5.41) is 2.83. The van der Waals surface area contributed by atoms with Crippen LogP contribution in [0.3, 0.4) is 0 Å². The van der Waals surface area contributed by atoms with Crippen LogP contribution in [0, 0.1) is 6.92 Å². The van der Waals surface area contributed by atoms with Crippen molar-refractivity contribution in [1.29, 1.82) is 0 Å². The molecule has 7 heteroatoms. The molecule has 4 aromatic heterocycles. The van der Waals surface area contributed by atoms with Crippen molar-refractivity contribution in [3.05, 3.63) is 72.4 Å². The van der Waals surface area contributed by atoms with Crippen LogP contribution in [0.15, 0.2) is 61.1 Å². The first-order valence-electron chi connectivity index (χ1n) is 9.31. The fourth-order valence-corrected chi connectivity index (χ4v) is 3.18. The zero-order valence-corrected chi connectivity index (χ0v) is 16.3. The van der Waals surface area contributed by atoms with Gasteiger partial charge in [-0.1, -0.05) is 12.1 Å². The van der Waals surface area contributed by atoms with E-state index in [0.29, 0.717) is 24.5 Å². The van der Waals surface area contributed by atoms with Crippen molar-refractivity contribution in [2.24, 2.45) is 0 Å². The number of nitrogens with one attached hydrogen (secondary N) is 1. The molecular formula is C22H21N5O2. The number of amides is 1. The molecule has 0 aliphatic rings. The number of nitrogens with zero attached hydrogens (tertiary/aromatic N) is 4. The van der Waals surface area contributed by atoms with Gasteiger partial charge in [0.2, 0.25) is 0 Å². The summed E-state index contributed by atoms with van der Waals surface area (Å²) in [6, 6.07) is 13.6. The second kappa shape index (κ2) is 8.20. The molecule has 0 saturated carbocycles. The van der Waals surface area contributed by atoms with Gasteiger partial charge in [-0.15, -0.1) is 0 Å². The average molecular weight is 387 g/mol. The topological polar surface area (TPSA) is 81.4 Å². The van der Waals surface area contributed by atoms with Gasteiger partial charge in [0, 0.05) is 42.9 Å². The zero-order valence-electron chi connectivity index (χ0n) is 16.3. The average Bonchev–Trinajstić information content (AvgIpc) is 3.17. The van der Waals surface area contributed by atoms with Crippen LogP contribution in [0.25, 0.3) is 28.2 Å². The molecule has 0 radical (unpaired) electrons. The summed E-state index contributed by atoms with van der Waals surface area (Å²) in [7, 11) is 1.60. The number of fused-ring (bicyclic) bond motifs is 1. The largest absolute Gasteiger partial charge is 0.383 e. The first-order chi connectivity index (χ1) is 14.2. The highest BCUT2D eigenvalue weighted by Crippen LogP contribution is 2.29. The molecule has 0 bridgehead atoms. The molecule has 4 heterocycles. The smallest absolute Gasteiger partial charge is 0.270 e. The van der Waals surface area contributed by atoms with Gasteiger partial charge in [-0.2, -0.15) is 0 Å². The molecule has 0 aliphatic heterocycles. The fraction of sp³-hybridized carbons (Fsp3) is 0.182. The predicted octanol–water partition coefficient (Wildman–Crippen LogP) is 3.14. The number of imidazole rings is 1. The molecule has 0 aliphatic carbocycles. The van der Waals surface area contributed by atoms with Crippen molar-refractivity contribution in [2.45, 2.75) is 6.92 Å². The number of aryl methyl sites for hydroxylation is 1. The van der Waals surface area contributed by atoms with Crippen LogP contribution in [0.1, 0.15) is 16.2 Å². The van der Waals surface area contributed by atoms with Crippen LogP contribution in [0.4, 0.5) is 0 Å². The highest BCUT2D eigenvalue weighted by molar-refractivity contribution is 5.93. The van der Waals surface area contributed by atoms with Gasteiger partial charge in [-0.05, 0) is 37.3 Å². The van der Waals surface area contributed by atoms with Gasteiger partial charge in [0.15, 0.2) is 0 Å². The molecule has 0 unspecified atom stereocenters. The van der Waals surface area contributed by atoms with E-state index < -0.39 is 0 Å². The Balaban J connectivity index is 1.76. The summed E-state index contributed by atoms with van der Waals surface area (Å²) in [5.41, 5.74) is 5.56. The van der Waals surface area contributed by atoms with E-state index in [1.807, 2.05) is 55.6 Å². The van der Waals surface area contributed by atoms with Crippen LogP contribution in [-0.4, -0.2) is 45.5 Å². The van der Waals surface area contributed by atoms with Gasteiger partial charge in [-0.3, -0.25) is 19.2 Å². The number of rotatable bonds is 6. The third-order valence-corrected chi connectivity index (χ3v) is 4.58. The third-order valence-electron chi connectivity index (χ3n) is 4.58. The van der Waals surface area contributed by atoms with E-state index >= 15 is 0 Å². The van der Waals surface area contributed by atoms with Gasteiger partial charge in [0.25, 0.3) is 5.91 Å². The van der Waals surface area contributed by atoms with Crippen LogP contribution in [0.2, 0.25) is 0 Å². The number of carbonyl (C=O) groups excluding carboxylic acids is 1. The number of hydrogen-bond donors (Lipinski definition) is 1. The molecule has 4 aromatic rings. The highest BCUT2D eigenvalue weighted by Gasteiger charge is 2.15. The van der Waals surface area contributed by atoms with E-state index in [0.717, 1.165) is 28.2 Å². The Labute approximate surface area is 168 Å².